The molecule has 0 unspecified atom stereocenters. The Morgan fingerprint density at radius 3 is 2.36 bits per heavy atom. The maximum Gasteiger partial charge on any atom is 0.262 e. The predicted molar refractivity (Wildman–Crippen MR) is 82.0 cm³/mol. The highest BCUT2D eigenvalue weighted by atomic mass is 35.5. The Labute approximate surface area is 139 Å². The number of hydrogen-bond donors (Lipinski definition) is 1. The van der Waals surface area contributed by atoms with Crippen LogP contribution in [0, 0.1) is 11.6 Å². The molecule has 0 aromatic heterocycles. The van der Waals surface area contributed by atoms with Gasteiger partial charge in [-0.15, -0.1) is 0 Å². The Kier molecular flexibility index (Phi) is 5.45. The third-order valence-electron chi connectivity index (χ3n) is 2.54. The molecule has 0 aliphatic heterocycles. The number of hydrogen-bond acceptors (Lipinski definition) is 2. The van der Waals surface area contributed by atoms with Crippen molar-refractivity contribution < 1.29 is 18.3 Å². The standard InChI is InChI=1S/C14H8Cl3F2NO2/c15-8-4-10(17)13(5-9(8)16)22-6-14(21)20-7-1-2-11(18)12(19)3-7/h1-5H,6H2,(H,20,21). The molecule has 0 bridgehead atoms. The molecule has 0 aliphatic carbocycles. The normalized spacial score (nSPS) is 10.4. The molecule has 0 spiro atoms. The van der Waals surface area contributed by atoms with Gasteiger partial charge in [-0.2, -0.15) is 0 Å². The highest BCUT2D eigenvalue weighted by molar-refractivity contribution is 6.43. The third-order valence-corrected chi connectivity index (χ3v) is 3.55. The lowest BCUT2D eigenvalue weighted by molar-refractivity contribution is -0.118. The fraction of sp³-hybridized carbons (Fsp3) is 0.0714. The number of benzene rings is 2. The summed E-state index contributed by atoms with van der Waals surface area (Å²) in [6, 6.07) is 5.74. The zero-order chi connectivity index (χ0) is 16.3. The van der Waals surface area contributed by atoms with Gasteiger partial charge in [0.25, 0.3) is 5.91 Å². The van der Waals surface area contributed by atoms with Crippen LogP contribution in [0.2, 0.25) is 15.1 Å². The zero-order valence-electron chi connectivity index (χ0n) is 10.8. The summed E-state index contributed by atoms with van der Waals surface area (Å²) in [4.78, 5) is 11.7. The maximum atomic E-state index is 13.0. The number of nitrogens with one attached hydrogen (secondary N) is 1. The molecule has 2 rings (SSSR count). The molecule has 0 radical (unpaired) electrons. The first-order valence-corrected chi connectivity index (χ1v) is 7.02. The lowest BCUT2D eigenvalue weighted by Crippen LogP contribution is -2.20. The quantitative estimate of drug-likeness (QED) is 0.778. The number of halogens is 5. The number of carbonyl (C=O) groups excluding carboxylic acids is 1. The molecule has 22 heavy (non-hydrogen) atoms. The molecule has 1 amide bonds. The van der Waals surface area contributed by atoms with Crippen LogP contribution in [0.5, 0.6) is 5.75 Å². The third kappa shape index (κ3) is 4.22. The number of amides is 1. The van der Waals surface area contributed by atoms with Crippen LogP contribution >= 0.6 is 34.8 Å². The van der Waals surface area contributed by atoms with E-state index in [0.717, 1.165) is 12.1 Å². The van der Waals surface area contributed by atoms with Crippen molar-refractivity contribution in [2.75, 3.05) is 11.9 Å². The predicted octanol–water partition coefficient (Wildman–Crippen LogP) is 4.94. The van der Waals surface area contributed by atoms with E-state index in [4.69, 9.17) is 39.5 Å². The molecule has 8 heteroatoms. The van der Waals surface area contributed by atoms with Gasteiger partial charge in [0.05, 0.1) is 15.1 Å². The molecule has 0 atom stereocenters. The van der Waals surface area contributed by atoms with Crippen molar-refractivity contribution in [1.82, 2.24) is 0 Å². The molecule has 0 heterocycles. The fourth-order valence-corrected chi connectivity index (χ4v) is 2.12. The van der Waals surface area contributed by atoms with Crippen molar-refractivity contribution in [3.63, 3.8) is 0 Å². The summed E-state index contributed by atoms with van der Waals surface area (Å²) in [6.45, 7) is -0.392. The number of rotatable bonds is 4. The molecular formula is C14H8Cl3F2NO2. The minimum atomic E-state index is -1.06. The number of anilines is 1. The first-order chi connectivity index (χ1) is 10.4. The van der Waals surface area contributed by atoms with Gasteiger partial charge in [-0.05, 0) is 18.2 Å². The molecule has 2 aromatic rings. The highest BCUT2D eigenvalue weighted by Crippen LogP contribution is 2.33. The van der Waals surface area contributed by atoms with Crippen molar-refractivity contribution in [3.05, 3.63) is 57.0 Å². The highest BCUT2D eigenvalue weighted by Gasteiger charge is 2.10. The second-order valence-electron chi connectivity index (χ2n) is 4.16. The average Bonchev–Trinajstić information content (AvgIpc) is 2.45. The molecule has 0 fully saturated rings. The second-order valence-corrected chi connectivity index (χ2v) is 5.38. The Bertz CT molecular complexity index is 725. The van der Waals surface area contributed by atoms with E-state index in [9.17, 15) is 13.6 Å². The van der Waals surface area contributed by atoms with Crippen LogP contribution in [-0.4, -0.2) is 12.5 Å². The maximum absolute atomic E-state index is 13.0. The van der Waals surface area contributed by atoms with E-state index >= 15 is 0 Å². The number of carbonyl (C=O) groups is 1. The Hall–Kier alpha value is -1.56. The van der Waals surface area contributed by atoms with Crippen molar-refractivity contribution in [1.29, 1.82) is 0 Å². The fourth-order valence-electron chi connectivity index (χ4n) is 1.53. The molecule has 0 saturated heterocycles. The van der Waals surface area contributed by atoms with E-state index in [1.165, 1.54) is 18.2 Å². The van der Waals surface area contributed by atoms with Gasteiger partial charge in [0.2, 0.25) is 0 Å². The van der Waals surface area contributed by atoms with Gasteiger partial charge in [0, 0.05) is 17.8 Å². The monoisotopic (exact) mass is 365 g/mol. The zero-order valence-corrected chi connectivity index (χ0v) is 13.1. The van der Waals surface area contributed by atoms with Crippen molar-refractivity contribution >= 4 is 46.4 Å². The molecule has 0 aliphatic rings. The second kappa shape index (κ2) is 7.13. The van der Waals surface area contributed by atoms with Crippen LogP contribution in [0.4, 0.5) is 14.5 Å². The summed E-state index contributed by atoms with van der Waals surface area (Å²) in [5.41, 5.74) is 0.104. The van der Waals surface area contributed by atoms with Gasteiger partial charge in [0.15, 0.2) is 18.2 Å². The topological polar surface area (TPSA) is 38.3 Å². The van der Waals surface area contributed by atoms with Crippen molar-refractivity contribution in [2.45, 2.75) is 0 Å². The van der Waals surface area contributed by atoms with E-state index in [1.807, 2.05) is 0 Å². The van der Waals surface area contributed by atoms with Gasteiger partial charge in [-0.1, -0.05) is 34.8 Å². The van der Waals surface area contributed by atoms with Crippen LogP contribution in [0.15, 0.2) is 30.3 Å². The summed E-state index contributed by atoms with van der Waals surface area (Å²) in [5, 5.41) is 3.02. The molecule has 116 valence electrons. The van der Waals surface area contributed by atoms with Crippen molar-refractivity contribution in [3.8, 4) is 5.75 Å². The lowest BCUT2D eigenvalue weighted by atomic mass is 10.3. The number of ether oxygens (including phenoxy) is 1. The molecule has 0 saturated carbocycles. The van der Waals surface area contributed by atoms with E-state index in [1.54, 1.807) is 0 Å². The largest absolute Gasteiger partial charge is 0.482 e. The van der Waals surface area contributed by atoms with Crippen LogP contribution in [0.1, 0.15) is 0 Å². The van der Waals surface area contributed by atoms with Gasteiger partial charge in [-0.3, -0.25) is 4.79 Å². The molecular weight excluding hydrogens is 359 g/mol. The van der Waals surface area contributed by atoms with E-state index in [-0.39, 0.29) is 26.5 Å². The first kappa shape index (κ1) is 16.8. The van der Waals surface area contributed by atoms with Crippen LogP contribution < -0.4 is 10.1 Å². The Morgan fingerprint density at radius 1 is 1.00 bits per heavy atom. The lowest BCUT2D eigenvalue weighted by Gasteiger charge is -2.10. The summed E-state index contributed by atoms with van der Waals surface area (Å²) in [5.74, 6) is -2.47. The van der Waals surface area contributed by atoms with Crippen LogP contribution in [0.3, 0.4) is 0 Å². The summed E-state index contributed by atoms with van der Waals surface area (Å²) < 4.78 is 31.0. The minimum absolute atomic E-state index is 0.104. The Balaban J connectivity index is 1.98. The van der Waals surface area contributed by atoms with Gasteiger partial charge < -0.3 is 10.1 Å². The molecule has 1 N–H and O–H groups in total. The first-order valence-electron chi connectivity index (χ1n) is 5.89. The minimum Gasteiger partial charge on any atom is -0.482 e. The van der Waals surface area contributed by atoms with Crippen LogP contribution in [-0.2, 0) is 4.79 Å². The van der Waals surface area contributed by atoms with E-state index in [0.29, 0.717) is 0 Å². The van der Waals surface area contributed by atoms with E-state index in [2.05, 4.69) is 5.32 Å². The Morgan fingerprint density at radius 2 is 1.68 bits per heavy atom. The van der Waals surface area contributed by atoms with E-state index < -0.39 is 24.1 Å². The van der Waals surface area contributed by atoms with Crippen LogP contribution in [0.25, 0.3) is 0 Å². The molecule has 3 nitrogen and oxygen atoms in total. The smallest absolute Gasteiger partial charge is 0.262 e. The van der Waals surface area contributed by atoms with Crippen molar-refractivity contribution in [2.24, 2.45) is 0 Å². The molecule has 2 aromatic carbocycles. The summed E-state index contributed by atoms with van der Waals surface area (Å²) >= 11 is 17.5. The summed E-state index contributed by atoms with van der Waals surface area (Å²) in [6.07, 6.45) is 0. The van der Waals surface area contributed by atoms with Gasteiger partial charge in [0.1, 0.15) is 5.75 Å². The van der Waals surface area contributed by atoms with Gasteiger partial charge >= 0.3 is 0 Å². The summed E-state index contributed by atoms with van der Waals surface area (Å²) in [7, 11) is 0. The average molecular weight is 367 g/mol. The SMILES string of the molecule is O=C(COc1cc(Cl)c(Cl)cc1Cl)Nc1ccc(F)c(F)c1. The van der Waals surface area contributed by atoms with Gasteiger partial charge in [-0.25, -0.2) is 8.78 Å².